The van der Waals surface area contributed by atoms with Crippen LogP contribution in [0, 0.1) is 18.6 Å². The van der Waals surface area contributed by atoms with Crippen LogP contribution in [0.3, 0.4) is 0 Å². The molecule has 28 heavy (non-hydrogen) atoms. The van der Waals surface area contributed by atoms with Crippen LogP contribution in [0.25, 0.3) is 0 Å². The van der Waals surface area contributed by atoms with E-state index in [-0.39, 0.29) is 12.1 Å². The Balaban J connectivity index is 1.45. The lowest BCUT2D eigenvalue weighted by Gasteiger charge is -2.33. The first-order chi connectivity index (χ1) is 13.5. The van der Waals surface area contributed by atoms with Crippen molar-refractivity contribution in [1.29, 1.82) is 0 Å². The molecule has 0 bridgehead atoms. The fourth-order valence-corrected chi connectivity index (χ4v) is 3.55. The maximum absolute atomic E-state index is 13.8. The van der Waals surface area contributed by atoms with E-state index in [0.29, 0.717) is 12.0 Å². The van der Waals surface area contributed by atoms with Gasteiger partial charge in [0.25, 0.3) is 0 Å². The molecular weight excluding hydrogens is 358 g/mol. The smallest absolute Gasteiger partial charge is 0.191 e. The van der Waals surface area contributed by atoms with Crippen LogP contribution in [-0.2, 0) is 13.1 Å². The second-order valence-corrected chi connectivity index (χ2v) is 7.35. The molecule has 150 valence electrons. The Labute approximate surface area is 165 Å². The number of rotatable bonds is 5. The van der Waals surface area contributed by atoms with Crippen LogP contribution in [0.4, 0.5) is 8.78 Å². The molecule has 1 aliphatic heterocycles. The van der Waals surface area contributed by atoms with Crippen LogP contribution in [-0.4, -0.2) is 37.0 Å². The fraction of sp³-hybridized carbons (Fsp3) is 0.409. The van der Waals surface area contributed by atoms with Gasteiger partial charge in [0.15, 0.2) is 5.96 Å². The number of benzene rings is 2. The standard InChI is InChI=1S/C22H28F2N4/c1-16-4-3-5-17(12-16)15-28-10-8-20(9-11-28)27-22(25-2)26-14-18-13-19(23)6-7-21(18)24/h3-7,12-13,20H,8-11,14-15H2,1-2H3,(H2,25,26,27). The summed E-state index contributed by atoms with van der Waals surface area (Å²) in [4.78, 5) is 6.67. The van der Waals surface area contributed by atoms with Gasteiger partial charge >= 0.3 is 0 Å². The van der Waals surface area contributed by atoms with Crippen LogP contribution in [0.15, 0.2) is 47.5 Å². The summed E-state index contributed by atoms with van der Waals surface area (Å²) in [5.41, 5.74) is 2.93. The molecule has 2 aromatic carbocycles. The summed E-state index contributed by atoms with van der Waals surface area (Å²) in [6.07, 6.45) is 2.03. The Hall–Kier alpha value is -2.47. The minimum atomic E-state index is -0.442. The van der Waals surface area contributed by atoms with Gasteiger partial charge in [-0.15, -0.1) is 0 Å². The number of hydrogen-bond donors (Lipinski definition) is 2. The number of piperidine rings is 1. The van der Waals surface area contributed by atoms with Crippen LogP contribution in [0.5, 0.6) is 0 Å². The molecule has 0 spiro atoms. The highest BCUT2D eigenvalue weighted by Crippen LogP contribution is 2.15. The van der Waals surface area contributed by atoms with Gasteiger partial charge in [0.05, 0.1) is 0 Å². The molecule has 0 aliphatic carbocycles. The normalized spacial score (nSPS) is 16.2. The third-order valence-corrected chi connectivity index (χ3v) is 5.09. The average molecular weight is 386 g/mol. The van der Waals surface area contributed by atoms with Crippen molar-refractivity contribution in [2.45, 2.75) is 38.9 Å². The third-order valence-electron chi connectivity index (χ3n) is 5.09. The molecule has 0 saturated carbocycles. The molecule has 1 heterocycles. The lowest BCUT2D eigenvalue weighted by Crippen LogP contribution is -2.48. The van der Waals surface area contributed by atoms with Gasteiger partial charge in [-0.2, -0.15) is 0 Å². The van der Waals surface area contributed by atoms with Crippen molar-refractivity contribution >= 4 is 5.96 Å². The molecular formula is C22H28F2N4. The zero-order chi connectivity index (χ0) is 19.9. The third kappa shape index (κ3) is 5.76. The second-order valence-electron chi connectivity index (χ2n) is 7.35. The molecule has 0 atom stereocenters. The van der Waals surface area contributed by atoms with Gasteiger partial charge < -0.3 is 10.6 Å². The topological polar surface area (TPSA) is 39.7 Å². The average Bonchev–Trinajstić information content (AvgIpc) is 2.69. The Kier molecular flexibility index (Phi) is 6.98. The van der Waals surface area contributed by atoms with Gasteiger partial charge in [0.1, 0.15) is 11.6 Å². The monoisotopic (exact) mass is 386 g/mol. The molecule has 0 unspecified atom stereocenters. The SMILES string of the molecule is CN=C(NCc1cc(F)ccc1F)NC1CCN(Cc2cccc(C)c2)CC1. The maximum Gasteiger partial charge on any atom is 0.191 e. The van der Waals surface area contributed by atoms with E-state index in [9.17, 15) is 8.78 Å². The molecule has 2 N–H and O–H groups in total. The summed E-state index contributed by atoms with van der Waals surface area (Å²) >= 11 is 0. The molecule has 0 radical (unpaired) electrons. The van der Waals surface area contributed by atoms with Gasteiger partial charge in [-0.25, -0.2) is 8.78 Å². The number of aryl methyl sites for hydroxylation is 1. The first-order valence-electron chi connectivity index (χ1n) is 9.72. The van der Waals surface area contributed by atoms with Crippen LogP contribution in [0.2, 0.25) is 0 Å². The molecule has 3 rings (SSSR count). The van der Waals surface area contributed by atoms with Gasteiger partial charge in [-0.1, -0.05) is 29.8 Å². The van der Waals surface area contributed by atoms with E-state index in [1.807, 2.05) is 0 Å². The van der Waals surface area contributed by atoms with E-state index in [1.54, 1.807) is 7.05 Å². The number of nitrogens with zero attached hydrogens (tertiary/aromatic N) is 2. The largest absolute Gasteiger partial charge is 0.354 e. The first kappa shape index (κ1) is 20.3. The van der Waals surface area contributed by atoms with E-state index in [2.05, 4.69) is 51.7 Å². The Bertz CT molecular complexity index is 814. The quantitative estimate of drug-likeness (QED) is 0.609. The van der Waals surface area contributed by atoms with Gasteiger partial charge in [0, 0.05) is 44.8 Å². The summed E-state index contributed by atoms with van der Waals surface area (Å²) in [5.74, 6) is -0.253. The molecule has 0 amide bonds. The summed E-state index contributed by atoms with van der Waals surface area (Å²) in [5, 5.41) is 6.48. The van der Waals surface area contributed by atoms with Crippen molar-refractivity contribution in [2.24, 2.45) is 4.99 Å². The van der Waals surface area contributed by atoms with Gasteiger partial charge in [-0.3, -0.25) is 9.89 Å². The van der Waals surface area contributed by atoms with Crippen molar-refractivity contribution in [1.82, 2.24) is 15.5 Å². The maximum atomic E-state index is 13.8. The molecule has 1 fully saturated rings. The molecule has 1 saturated heterocycles. The van der Waals surface area contributed by atoms with Crippen LogP contribution < -0.4 is 10.6 Å². The molecule has 4 nitrogen and oxygen atoms in total. The van der Waals surface area contributed by atoms with Crippen LogP contribution >= 0.6 is 0 Å². The minimum Gasteiger partial charge on any atom is -0.354 e. The predicted octanol–water partition coefficient (Wildman–Crippen LogP) is 3.60. The number of halogens is 2. The van der Waals surface area contributed by atoms with Crippen molar-refractivity contribution in [3.05, 3.63) is 70.8 Å². The zero-order valence-corrected chi connectivity index (χ0v) is 16.5. The van der Waals surface area contributed by atoms with Crippen molar-refractivity contribution in [3.63, 3.8) is 0 Å². The summed E-state index contributed by atoms with van der Waals surface area (Å²) < 4.78 is 27.1. The van der Waals surface area contributed by atoms with E-state index in [0.717, 1.165) is 44.6 Å². The number of hydrogen-bond acceptors (Lipinski definition) is 2. The highest BCUT2D eigenvalue weighted by atomic mass is 19.1. The Morgan fingerprint density at radius 1 is 1.14 bits per heavy atom. The molecule has 2 aromatic rings. The summed E-state index contributed by atoms with van der Waals surface area (Å²) in [7, 11) is 1.68. The Morgan fingerprint density at radius 2 is 1.93 bits per heavy atom. The van der Waals surface area contributed by atoms with E-state index in [1.165, 1.54) is 17.2 Å². The van der Waals surface area contributed by atoms with E-state index < -0.39 is 11.6 Å². The lowest BCUT2D eigenvalue weighted by atomic mass is 10.0. The number of aliphatic imine (C=N–C) groups is 1. The van der Waals surface area contributed by atoms with E-state index in [4.69, 9.17) is 0 Å². The van der Waals surface area contributed by atoms with Crippen molar-refractivity contribution in [3.8, 4) is 0 Å². The number of guanidine groups is 1. The zero-order valence-electron chi connectivity index (χ0n) is 16.5. The number of nitrogens with one attached hydrogen (secondary N) is 2. The fourth-order valence-electron chi connectivity index (χ4n) is 3.55. The van der Waals surface area contributed by atoms with Crippen LogP contribution in [0.1, 0.15) is 29.5 Å². The van der Waals surface area contributed by atoms with Crippen molar-refractivity contribution in [2.75, 3.05) is 20.1 Å². The summed E-state index contributed by atoms with van der Waals surface area (Å²) in [6, 6.07) is 12.4. The highest BCUT2D eigenvalue weighted by Gasteiger charge is 2.20. The molecule has 0 aromatic heterocycles. The minimum absolute atomic E-state index is 0.190. The second kappa shape index (κ2) is 9.64. The Morgan fingerprint density at radius 3 is 2.64 bits per heavy atom. The van der Waals surface area contributed by atoms with Gasteiger partial charge in [-0.05, 0) is 43.5 Å². The highest BCUT2D eigenvalue weighted by molar-refractivity contribution is 5.79. The lowest BCUT2D eigenvalue weighted by molar-refractivity contribution is 0.198. The molecule has 1 aliphatic rings. The first-order valence-corrected chi connectivity index (χ1v) is 9.72. The molecule has 6 heteroatoms. The summed E-state index contributed by atoms with van der Waals surface area (Å²) in [6.45, 7) is 5.31. The van der Waals surface area contributed by atoms with Gasteiger partial charge in [0.2, 0.25) is 0 Å². The van der Waals surface area contributed by atoms with E-state index >= 15 is 0 Å². The van der Waals surface area contributed by atoms with Crippen molar-refractivity contribution < 1.29 is 8.78 Å². The number of likely N-dealkylation sites (tertiary alicyclic amines) is 1. The predicted molar refractivity (Wildman–Crippen MR) is 109 cm³/mol.